The van der Waals surface area contributed by atoms with Gasteiger partial charge in [-0.3, -0.25) is 4.79 Å². The minimum Gasteiger partial charge on any atom is -0.489 e. The standard InChI is InChI=1S/C35H40N8O3/c1-5-34(44)39-27-12-9-13-29(20-27)43(35(45)36-23-26-10-7-6-8-11-26)33-22-32(37-24-38-33)40-30-15-14-28(21-31(30)46-25(2)3)42-18-16-41(4)17-19-42/h5-15,20-22,24-25H,1,16-19,23H2,2-4H3,(H,36,45)(H,39,44)(H,37,38,40). The van der Waals surface area contributed by atoms with Gasteiger partial charge in [0.1, 0.15) is 23.7 Å². The Labute approximate surface area is 269 Å². The smallest absolute Gasteiger partial charge is 0.327 e. The second-order valence-electron chi connectivity index (χ2n) is 11.2. The van der Waals surface area contributed by atoms with Gasteiger partial charge in [0.15, 0.2) is 0 Å². The third-order valence-corrected chi connectivity index (χ3v) is 7.39. The summed E-state index contributed by atoms with van der Waals surface area (Å²) in [7, 11) is 2.14. The van der Waals surface area contributed by atoms with E-state index in [4.69, 9.17) is 4.74 Å². The Bertz CT molecular complexity index is 1650. The zero-order valence-corrected chi connectivity index (χ0v) is 26.4. The summed E-state index contributed by atoms with van der Waals surface area (Å²) >= 11 is 0. The minimum absolute atomic E-state index is 0.0399. The van der Waals surface area contributed by atoms with Crippen LogP contribution in [0, 0.1) is 0 Å². The Balaban J connectivity index is 1.44. The molecule has 0 saturated carbocycles. The van der Waals surface area contributed by atoms with Gasteiger partial charge < -0.3 is 30.5 Å². The molecule has 0 bridgehead atoms. The van der Waals surface area contributed by atoms with E-state index in [1.807, 2.05) is 50.2 Å². The van der Waals surface area contributed by atoms with Gasteiger partial charge in [-0.2, -0.15) is 0 Å². The molecule has 0 spiro atoms. The summed E-state index contributed by atoms with van der Waals surface area (Å²) in [6.45, 7) is 11.7. The predicted molar refractivity (Wildman–Crippen MR) is 183 cm³/mol. The molecule has 0 unspecified atom stereocenters. The molecular formula is C35H40N8O3. The fourth-order valence-corrected chi connectivity index (χ4v) is 5.02. The van der Waals surface area contributed by atoms with Crippen LogP contribution in [0.4, 0.5) is 39.2 Å². The molecule has 238 valence electrons. The molecule has 3 amide bonds. The van der Waals surface area contributed by atoms with E-state index in [2.05, 4.69) is 61.5 Å². The van der Waals surface area contributed by atoms with Crippen molar-refractivity contribution in [1.29, 1.82) is 0 Å². The number of nitrogens with one attached hydrogen (secondary N) is 3. The van der Waals surface area contributed by atoms with Gasteiger partial charge in [0.2, 0.25) is 5.91 Å². The average molecular weight is 621 g/mol. The monoisotopic (exact) mass is 620 g/mol. The number of carbonyl (C=O) groups excluding carboxylic acids is 2. The number of hydrogen-bond donors (Lipinski definition) is 3. The number of ether oxygens (including phenoxy) is 1. The maximum atomic E-state index is 13.8. The van der Waals surface area contributed by atoms with Crippen LogP contribution >= 0.6 is 0 Å². The van der Waals surface area contributed by atoms with Gasteiger partial charge in [0.05, 0.1) is 17.5 Å². The van der Waals surface area contributed by atoms with Crippen molar-refractivity contribution >= 4 is 46.3 Å². The van der Waals surface area contributed by atoms with Crippen LogP contribution in [0.1, 0.15) is 19.4 Å². The second kappa shape index (κ2) is 15.0. The molecule has 3 aromatic carbocycles. The van der Waals surface area contributed by atoms with Gasteiger partial charge in [-0.15, -0.1) is 0 Å². The lowest BCUT2D eigenvalue weighted by molar-refractivity contribution is -0.111. The first-order valence-corrected chi connectivity index (χ1v) is 15.3. The quantitative estimate of drug-likeness (QED) is 0.177. The molecule has 1 aromatic heterocycles. The van der Waals surface area contributed by atoms with Crippen LogP contribution < -0.4 is 30.5 Å². The summed E-state index contributed by atoms with van der Waals surface area (Å²) in [4.78, 5) is 40.8. The molecule has 1 fully saturated rings. The van der Waals surface area contributed by atoms with Crippen LogP contribution in [0.3, 0.4) is 0 Å². The molecular weight excluding hydrogens is 580 g/mol. The van der Waals surface area contributed by atoms with E-state index in [1.54, 1.807) is 30.3 Å². The van der Waals surface area contributed by atoms with Crippen molar-refractivity contribution in [2.75, 3.05) is 53.7 Å². The first-order chi connectivity index (χ1) is 22.3. The van der Waals surface area contributed by atoms with Crippen LogP contribution in [0.5, 0.6) is 5.75 Å². The number of amides is 3. The number of benzene rings is 3. The van der Waals surface area contributed by atoms with Crippen molar-refractivity contribution in [1.82, 2.24) is 20.2 Å². The fourth-order valence-electron chi connectivity index (χ4n) is 5.02. The number of likely N-dealkylation sites (N-methyl/N-ethyl adjacent to an activating group) is 1. The summed E-state index contributed by atoms with van der Waals surface area (Å²) in [6.07, 6.45) is 2.55. The summed E-state index contributed by atoms with van der Waals surface area (Å²) in [5.41, 5.74) is 3.79. The van der Waals surface area contributed by atoms with E-state index < -0.39 is 6.03 Å². The van der Waals surface area contributed by atoms with Gasteiger partial charge in [0, 0.05) is 56.2 Å². The molecule has 4 aromatic rings. The number of rotatable bonds is 11. The van der Waals surface area contributed by atoms with E-state index in [9.17, 15) is 9.59 Å². The van der Waals surface area contributed by atoms with Crippen molar-refractivity contribution in [2.24, 2.45) is 0 Å². The Morgan fingerprint density at radius 1 is 0.978 bits per heavy atom. The fraction of sp³-hybridized carbons (Fsp3) is 0.257. The summed E-state index contributed by atoms with van der Waals surface area (Å²) < 4.78 is 6.22. The van der Waals surface area contributed by atoms with Gasteiger partial charge in [-0.05, 0) is 62.9 Å². The third kappa shape index (κ3) is 8.39. The number of urea groups is 1. The minimum atomic E-state index is -0.402. The van der Waals surface area contributed by atoms with Gasteiger partial charge in [-0.25, -0.2) is 19.7 Å². The van der Waals surface area contributed by atoms with Crippen molar-refractivity contribution in [3.63, 3.8) is 0 Å². The molecule has 11 nitrogen and oxygen atoms in total. The molecule has 46 heavy (non-hydrogen) atoms. The number of anilines is 6. The predicted octanol–water partition coefficient (Wildman–Crippen LogP) is 5.93. The number of nitrogens with zero attached hydrogens (tertiary/aromatic N) is 5. The molecule has 1 aliphatic rings. The van der Waals surface area contributed by atoms with Gasteiger partial charge in [-0.1, -0.05) is 43.0 Å². The summed E-state index contributed by atoms with van der Waals surface area (Å²) in [5.74, 6) is 1.15. The Morgan fingerprint density at radius 2 is 1.76 bits per heavy atom. The SMILES string of the molecule is C=CC(=O)Nc1cccc(N(C(=O)NCc2ccccc2)c2cc(Nc3ccc(N4CCN(C)CC4)cc3OC(C)C)ncn2)c1. The van der Waals surface area contributed by atoms with Crippen LogP contribution in [0.25, 0.3) is 0 Å². The van der Waals surface area contributed by atoms with E-state index in [-0.39, 0.29) is 12.0 Å². The third-order valence-electron chi connectivity index (χ3n) is 7.39. The van der Waals surface area contributed by atoms with Crippen LogP contribution in [0.2, 0.25) is 0 Å². The van der Waals surface area contributed by atoms with Crippen LogP contribution in [-0.4, -0.2) is 66.1 Å². The van der Waals surface area contributed by atoms with E-state index in [0.29, 0.717) is 35.3 Å². The molecule has 2 heterocycles. The summed E-state index contributed by atoms with van der Waals surface area (Å²) in [5, 5.41) is 9.11. The number of hydrogen-bond acceptors (Lipinski definition) is 8. The molecule has 1 aliphatic heterocycles. The number of piperazine rings is 1. The van der Waals surface area contributed by atoms with Gasteiger partial charge in [0.25, 0.3) is 0 Å². The lowest BCUT2D eigenvalue weighted by Crippen LogP contribution is -2.44. The molecule has 3 N–H and O–H groups in total. The van der Waals surface area contributed by atoms with E-state index >= 15 is 0 Å². The largest absolute Gasteiger partial charge is 0.489 e. The van der Waals surface area contributed by atoms with Crippen molar-refractivity contribution < 1.29 is 14.3 Å². The second-order valence-corrected chi connectivity index (χ2v) is 11.2. The zero-order valence-electron chi connectivity index (χ0n) is 26.4. The van der Waals surface area contributed by atoms with E-state index in [1.165, 1.54) is 17.3 Å². The Kier molecular flexibility index (Phi) is 10.5. The molecule has 1 saturated heterocycles. The molecule has 0 radical (unpaired) electrons. The van der Waals surface area contributed by atoms with Gasteiger partial charge >= 0.3 is 6.03 Å². The maximum Gasteiger partial charge on any atom is 0.327 e. The highest BCUT2D eigenvalue weighted by Crippen LogP contribution is 2.34. The maximum absolute atomic E-state index is 13.8. The highest BCUT2D eigenvalue weighted by atomic mass is 16.5. The van der Waals surface area contributed by atoms with Crippen LogP contribution in [0.15, 0.2) is 97.8 Å². The highest BCUT2D eigenvalue weighted by Gasteiger charge is 2.22. The lowest BCUT2D eigenvalue weighted by Gasteiger charge is -2.34. The average Bonchev–Trinajstić information content (AvgIpc) is 3.06. The first kappa shape index (κ1) is 32.0. The number of carbonyl (C=O) groups is 2. The number of aromatic nitrogens is 2. The van der Waals surface area contributed by atoms with Crippen molar-refractivity contribution in [3.8, 4) is 5.75 Å². The van der Waals surface area contributed by atoms with Crippen molar-refractivity contribution in [3.05, 3.63) is 103 Å². The van der Waals surface area contributed by atoms with E-state index in [0.717, 1.165) is 43.1 Å². The first-order valence-electron chi connectivity index (χ1n) is 15.3. The molecule has 0 atom stereocenters. The molecule has 11 heteroatoms. The zero-order chi connectivity index (χ0) is 32.5. The topological polar surface area (TPSA) is 115 Å². The van der Waals surface area contributed by atoms with Crippen LogP contribution in [-0.2, 0) is 11.3 Å². The summed E-state index contributed by atoms with van der Waals surface area (Å²) in [6, 6.07) is 24.0. The van der Waals surface area contributed by atoms with Crippen molar-refractivity contribution in [2.45, 2.75) is 26.5 Å². The molecule has 5 rings (SSSR count). The Morgan fingerprint density at radius 3 is 2.50 bits per heavy atom. The normalized spacial score (nSPS) is 13.2. The highest BCUT2D eigenvalue weighted by molar-refractivity contribution is 6.01. The Hall–Kier alpha value is -5.42. The lowest BCUT2D eigenvalue weighted by atomic mass is 10.2. The molecule has 0 aliphatic carbocycles.